The van der Waals surface area contributed by atoms with Gasteiger partial charge in [-0.2, -0.15) is 0 Å². The van der Waals surface area contributed by atoms with Crippen LogP contribution in [0.2, 0.25) is 0 Å². The molecule has 132 valence electrons. The normalized spacial score (nSPS) is 14.0. The van der Waals surface area contributed by atoms with Gasteiger partial charge in [0, 0.05) is 20.7 Å². The van der Waals surface area contributed by atoms with E-state index in [1.807, 2.05) is 13.8 Å². The second kappa shape index (κ2) is 9.96. The Morgan fingerprint density at radius 3 is 2.58 bits per heavy atom. The van der Waals surface area contributed by atoms with Crippen molar-refractivity contribution in [2.75, 3.05) is 13.2 Å². The fourth-order valence-corrected chi connectivity index (χ4v) is 2.64. The van der Waals surface area contributed by atoms with Gasteiger partial charge in [0.1, 0.15) is 11.3 Å². The number of hydrogen-bond donors (Lipinski definition) is 2. The van der Waals surface area contributed by atoms with Crippen molar-refractivity contribution in [2.24, 2.45) is 10.9 Å². The number of benzene rings is 1. The summed E-state index contributed by atoms with van der Waals surface area (Å²) in [6.45, 7) is 5.54. The largest absolute Gasteiger partial charge is 0.506 e. The number of nitrogens with zero attached hydrogens (tertiary/aromatic N) is 1. The maximum Gasteiger partial charge on any atom is 0.343 e. The smallest absolute Gasteiger partial charge is 0.343 e. The number of ether oxygens (including phenoxy) is 1. The Balaban J connectivity index is 3.38. The molecule has 0 aliphatic carbocycles. The van der Waals surface area contributed by atoms with Crippen LogP contribution in [0.3, 0.4) is 0 Å². The lowest BCUT2D eigenvalue weighted by Crippen LogP contribution is -2.19. The Morgan fingerprint density at radius 1 is 1.38 bits per heavy atom. The van der Waals surface area contributed by atoms with Crippen LogP contribution in [0.25, 0.3) is 5.76 Å². The molecule has 1 aromatic carbocycles. The van der Waals surface area contributed by atoms with Crippen LogP contribution in [0.1, 0.15) is 26.3 Å². The second-order valence-electron chi connectivity index (χ2n) is 5.38. The van der Waals surface area contributed by atoms with Crippen LogP contribution < -0.4 is 0 Å². The molecule has 1 atom stereocenters. The predicted molar refractivity (Wildman–Crippen MR) is 102 cm³/mol. The average molecular weight is 463 g/mol. The maximum atomic E-state index is 12.2. The van der Waals surface area contributed by atoms with Crippen LogP contribution in [-0.2, 0) is 9.53 Å². The van der Waals surface area contributed by atoms with E-state index < -0.39 is 5.97 Å². The summed E-state index contributed by atoms with van der Waals surface area (Å²) >= 11 is 6.69. The van der Waals surface area contributed by atoms with Crippen LogP contribution in [0.4, 0.5) is 0 Å². The minimum absolute atomic E-state index is 0.0604. The number of carbonyl (C=O) groups is 1. The third-order valence-electron chi connectivity index (χ3n) is 3.29. The lowest BCUT2D eigenvalue weighted by atomic mass is 10.1. The summed E-state index contributed by atoms with van der Waals surface area (Å²) in [5, 5.41) is 19.9. The summed E-state index contributed by atoms with van der Waals surface area (Å²) in [6, 6.07) is 4.87. The van der Waals surface area contributed by atoms with Gasteiger partial charge in [-0.1, -0.05) is 45.7 Å². The first-order valence-corrected chi connectivity index (χ1v) is 9.10. The molecule has 0 aromatic heterocycles. The van der Waals surface area contributed by atoms with Crippen LogP contribution in [0.15, 0.2) is 37.7 Å². The van der Waals surface area contributed by atoms with Gasteiger partial charge in [0.25, 0.3) is 0 Å². The van der Waals surface area contributed by atoms with Gasteiger partial charge in [-0.05, 0) is 31.0 Å². The van der Waals surface area contributed by atoms with Crippen molar-refractivity contribution in [3.05, 3.63) is 38.3 Å². The minimum Gasteiger partial charge on any atom is -0.506 e. The van der Waals surface area contributed by atoms with E-state index in [2.05, 4.69) is 36.9 Å². The summed E-state index contributed by atoms with van der Waals surface area (Å²) in [5.41, 5.74) is 0.374. The van der Waals surface area contributed by atoms with Crippen LogP contribution in [-0.4, -0.2) is 41.7 Å². The van der Waals surface area contributed by atoms with E-state index in [0.717, 1.165) is 4.47 Å². The first-order valence-electron chi connectivity index (χ1n) is 7.51. The number of rotatable bonds is 7. The average Bonchev–Trinajstić information content (AvgIpc) is 2.53. The molecule has 0 saturated carbocycles. The molecule has 0 unspecified atom stereocenters. The number of hydrogen-bond acceptors (Lipinski definition) is 5. The Kier molecular flexibility index (Phi) is 8.66. The maximum absolute atomic E-state index is 12.2. The molecule has 7 heteroatoms. The zero-order valence-corrected chi connectivity index (χ0v) is 17.0. The SMILES string of the molecule is CCOC(=O)/C(C=N[C@H](CO)C(C)C)=C(\O)c1cc(Br)ccc1Br. The van der Waals surface area contributed by atoms with Crippen LogP contribution in [0, 0.1) is 5.92 Å². The van der Waals surface area contributed by atoms with Crippen molar-refractivity contribution >= 4 is 49.8 Å². The van der Waals surface area contributed by atoms with Gasteiger partial charge in [0.15, 0.2) is 0 Å². The highest BCUT2D eigenvalue weighted by atomic mass is 79.9. The number of aliphatic hydroxyl groups is 2. The number of halogens is 2. The molecule has 0 spiro atoms. The van der Waals surface area contributed by atoms with E-state index in [1.165, 1.54) is 6.21 Å². The number of aliphatic imine (C=N–C) groups is 1. The highest BCUT2D eigenvalue weighted by molar-refractivity contribution is 9.11. The third kappa shape index (κ3) is 5.72. The summed E-state index contributed by atoms with van der Waals surface area (Å²) in [7, 11) is 0. The molecular weight excluding hydrogens is 442 g/mol. The van der Waals surface area contributed by atoms with Gasteiger partial charge in [0.2, 0.25) is 0 Å². The van der Waals surface area contributed by atoms with Gasteiger partial charge >= 0.3 is 5.97 Å². The first-order chi connectivity index (χ1) is 11.3. The van der Waals surface area contributed by atoms with Crippen LogP contribution >= 0.6 is 31.9 Å². The lowest BCUT2D eigenvalue weighted by Gasteiger charge is -2.14. The van der Waals surface area contributed by atoms with Crippen molar-refractivity contribution in [1.82, 2.24) is 0 Å². The molecule has 0 radical (unpaired) electrons. The topological polar surface area (TPSA) is 79.1 Å². The summed E-state index contributed by atoms with van der Waals surface area (Å²) in [4.78, 5) is 16.4. The monoisotopic (exact) mass is 461 g/mol. The zero-order chi connectivity index (χ0) is 18.3. The van der Waals surface area contributed by atoms with E-state index >= 15 is 0 Å². The summed E-state index contributed by atoms with van der Waals surface area (Å²) < 4.78 is 6.38. The zero-order valence-electron chi connectivity index (χ0n) is 13.8. The van der Waals surface area contributed by atoms with Crippen LogP contribution in [0.5, 0.6) is 0 Å². The van der Waals surface area contributed by atoms with E-state index in [1.54, 1.807) is 25.1 Å². The highest BCUT2D eigenvalue weighted by Gasteiger charge is 2.19. The molecule has 2 N–H and O–H groups in total. The molecule has 0 amide bonds. The molecule has 0 heterocycles. The van der Waals surface area contributed by atoms with Gasteiger partial charge in [-0.3, -0.25) is 4.99 Å². The van der Waals surface area contributed by atoms with Crippen molar-refractivity contribution in [2.45, 2.75) is 26.8 Å². The van der Waals surface area contributed by atoms with Gasteiger partial charge in [0.05, 0.1) is 19.3 Å². The molecule has 1 rings (SSSR count). The molecule has 0 fully saturated rings. The summed E-state index contributed by atoms with van der Waals surface area (Å²) in [6.07, 6.45) is 1.27. The fraction of sp³-hybridized carbons (Fsp3) is 0.412. The molecule has 0 bridgehead atoms. The molecule has 1 aromatic rings. The van der Waals surface area contributed by atoms with E-state index in [-0.39, 0.29) is 36.5 Å². The molecular formula is C17H21Br2NO4. The summed E-state index contributed by atoms with van der Waals surface area (Å²) in [5.74, 6) is -0.827. The Hall–Kier alpha value is -1.18. The van der Waals surface area contributed by atoms with Crippen molar-refractivity contribution in [3.8, 4) is 0 Å². The van der Waals surface area contributed by atoms with E-state index in [9.17, 15) is 15.0 Å². The minimum atomic E-state index is -0.675. The predicted octanol–water partition coefficient (Wildman–Crippen LogP) is 4.13. The lowest BCUT2D eigenvalue weighted by molar-refractivity contribution is -0.137. The van der Waals surface area contributed by atoms with Crippen molar-refractivity contribution in [1.29, 1.82) is 0 Å². The van der Waals surface area contributed by atoms with Gasteiger partial charge in [-0.25, -0.2) is 4.79 Å². The molecule has 0 aliphatic heterocycles. The van der Waals surface area contributed by atoms with E-state index in [4.69, 9.17) is 4.74 Å². The third-order valence-corrected chi connectivity index (χ3v) is 4.47. The molecule has 24 heavy (non-hydrogen) atoms. The first kappa shape index (κ1) is 20.9. The fourth-order valence-electron chi connectivity index (χ4n) is 1.84. The van der Waals surface area contributed by atoms with Crippen molar-refractivity contribution in [3.63, 3.8) is 0 Å². The number of esters is 1. The Labute approximate surface area is 158 Å². The number of carbonyl (C=O) groups excluding carboxylic acids is 1. The molecule has 0 saturated heterocycles. The molecule has 5 nitrogen and oxygen atoms in total. The number of aliphatic hydroxyl groups excluding tert-OH is 2. The Bertz CT molecular complexity index is 641. The van der Waals surface area contributed by atoms with Gasteiger partial charge < -0.3 is 14.9 Å². The Morgan fingerprint density at radius 2 is 2.04 bits per heavy atom. The standard InChI is InChI=1S/C17H21Br2NO4/c1-4-24-17(23)13(8-20-15(9-21)10(2)3)16(22)12-7-11(18)5-6-14(12)19/h5-8,10,15,21-22H,4,9H2,1-3H3/b16-13-,20-8?/t15-/m1/s1. The second-order valence-corrected chi connectivity index (χ2v) is 7.15. The quantitative estimate of drug-likeness (QED) is 0.276. The van der Waals surface area contributed by atoms with Gasteiger partial charge in [-0.15, -0.1) is 0 Å². The van der Waals surface area contributed by atoms with E-state index in [0.29, 0.717) is 10.0 Å². The highest BCUT2D eigenvalue weighted by Crippen LogP contribution is 2.28. The molecule has 0 aliphatic rings. The van der Waals surface area contributed by atoms with Crippen molar-refractivity contribution < 1.29 is 19.7 Å².